The molecule has 0 spiro atoms. The fraction of sp³-hybridized carbons (Fsp3) is 0.214. The van der Waals surface area contributed by atoms with Crippen LogP contribution in [0.2, 0.25) is 5.02 Å². The number of hydrogen-bond acceptors (Lipinski definition) is 4. The summed E-state index contributed by atoms with van der Waals surface area (Å²) in [6, 6.07) is 7.87. The van der Waals surface area contributed by atoms with Crippen LogP contribution in [0.4, 0.5) is 0 Å². The predicted molar refractivity (Wildman–Crippen MR) is 86.0 cm³/mol. The van der Waals surface area contributed by atoms with Gasteiger partial charge in [-0.3, -0.25) is 4.40 Å². The zero-order chi connectivity index (χ0) is 13.9. The number of aromatic nitrogens is 2. The van der Waals surface area contributed by atoms with Crippen molar-refractivity contribution in [2.75, 3.05) is 6.54 Å². The van der Waals surface area contributed by atoms with E-state index < -0.39 is 0 Å². The predicted octanol–water partition coefficient (Wildman–Crippen LogP) is 4.31. The van der Waals surface area contributed by atoms with Gasteiger partial charge in [-0.1, -0.05) is 30.3 Å². The Bertz CT molecular complexity index is 703. The molecule has 0 amide bonds. The Morgan fingerprint density at radius 3 is 2.90 bits per heavy atom. The van der Waals surface area contributed by atoms with Crippen LogP contribution in [-0.4, -0.2) is 15.9 Å². The standard InChI is InChI=1S/C14H14ClN3S2/c1-2-16-9-12-13(17-14-18(12)7-8-19-14)20-11-5-3-10(15)4-6-11/h3-8,16H,2,9H2,1H3. The SMILES string of the molecule is CCNCc1c(Sc2ccc(Cl)cc2)nc2sccn12. The molecule has 1 aromatic carbocycles. The van der Waals surface area contributed by atoms with Gasteiger partial charge in [-0.25, -0.2) is 4.98 Å². The molecule has 0 fully saturated rings. The lowest BCUT2D eigenvalue weighted by Crippen LogP contribution is -2.13. The monoisotopic (exact) mass is 323 g/mol. The maximum atomic E-state index is 5.92. The molecular formula is C14H14ClN3S2. The van der Waals surface area contributed by atoms with Gasteiger partial charge in [0.05, 0.1) is 5.69 Å². The fourth-order valence-electron chi connectivity index (χ4n) is 1.91. The van der Waals surface area contributed by atoms with Crippen LogP contribution < -0.4 is 5.32 Å². The first kappa shape index (κ1) is 13.9. The topological polar surface area (TPSA) is 29.3 Å². The average molecular weight is 324 g/mol. The smallest absolute Gasteiger partial charge is 0.194 e. The Morgan fingerprint density at radius 2 is 2.15 bits per heavy atom. The summed E-state index contributed by atoms with van der Waals surface area (Å²) >= 11 is 9.26. The number of fused-ring (bicyclic) bond motifs is 1. The van der Waals surface area contributed by atoms with Gasteiger partial charge in [-0.15, -0.1) is 11.3 Å². The van der Waals surface area contributed by atoms with Crippen molar-refractivity contribution >= 4 is 39.7 Å². The van der Waals surface area contributed by atoms with Gasteiger partial charge in [0, 0.05) is 28.0 Å². The largest absolute Gasteiger partial charge is 0.311 e. The average Bonchev–Trinajstić information content (AvgIpc) is 3.00. The summed E-state index contributed by atoms with van der Waals surface area (Å²) in [5, 5.41) is 7.25. The van der Waals surface area contributed by atoms with E-state index in [1.165, 1.54) is 5.69 Å². The summed E-state index contributed by atoms with van der Waals surface area (Å²) in [6.45, 7) is 3.88. The third-order valence-corrected chi connectivity index (χ3v) is 4.93. The lowest BCUT2D eigenvalue weighted by Gasteiger charge is -2.04. The summed E-state index contributed by atoms with van der Waals surface area (Å²) in [4.78, 5) is 6.90. The van der Waals surface area contributed by atoms with E-state index >= 15 is 0 Å². The minimum Gasteiger partial charge on any atom is -0.311 e. The van der Waals surface area contributed by atoms with Gasteiger partial charge in [0.2, 0.25) is 0 Å². The molecule has 0 aliphatic carbocycles. The highest BCUT2D eigenvalue weighted by atomic mass is 35.5. The van der Waals surface area contributed by atoms with E-state index in [0.717, 1.165) is 33.0 Å². The molecule has 0 radical (unpaired) electrons. The van der Waals surface area contributed by atoms with E-state index in [1.54, 1.807) is 23.1 Å². The molecule has 0 aliphatic heterocycles. The zero-order valence-electron chi connectivity index (χ0n) is 11.0. The first-order valence-electron chi connectivity index (χ1n) is 6.36. The van der Waals surface area contributed by atoms with Crippen LogP contribution in [0.5, 0.6) is 0 Å². The molecule has 0 bridgehead atoms. The molecule has 20 heavy (non-hydrogen) atoms. The lowest BCUT2D eigenvalue weighted by atomic mass is 10.4. The molecule has 3 nitrogen and oxygen atoms in total. The highest BCUT2D eigenvalue weighted by molar-refractivity contribution is 7.99. The van der Waals surface area contributed by atoms with Crippen LogP contribution >= 0.6 is 34.7 Å². The van der Waals surface area contributed by atoms with Gasteiger partial charge >= 0.3 is 0 Å². The van der Waals surface area contributed by atoms with Crippen LogP contribution in [0.25, 0.3) is 4.96 Å². The van der Waals surface area contributed by atoms with E-state index in [1.807, 2.05) is 24.3 Å². The Hall–Kier alpha value is -1.01. The molecule has 2 aromatic heterocycles. The third-order valence-electron chi connectivity index (χ3n) is 2.89. The number of imidazole rings is 1. The highest BCUT2D eigenvalue weighted by Crippen LogP contribution is 2.32. The van der Waals surface area contributed by atoms with Gasteiger partial charge in [0.15, 0.2) is 4.96 Å². The van der Waals surface area contributed by atoms with Crippen molar-refractivity contribution in [1.82, 2.24) is 14.7 Å². The number of rotatable bonds is 5. The Labute approximate surface area is 131 Å². The molecule has 2 heterocycles. The summed E-state index contributed by atoms with van der Waals surface area (Å²) in [5.41, 5.74) is 1.21. The van der Waals surface area contributed by atoms with Crippen molar-refractivity contribution in [2.24, 2.45) is 0 Å². The van der Waals surface area contributed by atoms with Crippen molar-refractivity contribution in [1.29, 1.82) is 0 Å². The minimum atomic E-state index is 0.757. The molecular weight excluding hydrogens is 310 g/mol. The molecule has 1 N–H and O–H groups in total. The van der Waals surface area contributed by atoms with E-state index in [9.17, 15) is 0 Å². The van der Waals surface area contributed by atoms with E-state index in [2.05, 4.69) is 28.2 Å². The number of hydrogen-bond donors (Lipinski definition) is 1. The van der Waals surface area contributed by atoms with Gasteiger partial charge in [0.1, 0.15) is 5.03 Å². The number of halogens is 1. The van der Waals surface area contributed by atoms with Crippen molar-refractivity contribution in [2.45, 2.75) is 23.4 Å². The van der Waals surface area contributed by atoms with Crippen molar-refractivity contribution in [3.8, 4) is 0 Å². The van der Waals surface area contributed by atoms with E-state index in [-0.39, 0.29) is 0 Å². The summed E-state index contributed by atoms with van der Waals surface area (Å²) < 4.78 is 2.16. The van der Waals surface area contributed by atoms with Crippen LogP contribution in [0, 0.1) is 0 Å². The molecule has 0 unspecified atom stereocenters. The molecule has 3 rings (SSSR count). The quantitative estimate of drug-likeness (QED) is 0.758. The molecule has 0 aliphatic rings. The molecule has 0 saturated carbocycles. The minimum absolute atomic E-state index is 0.757. The summed E-state index contributed by atoms with van der Waals surface area (Å²) in [7, 11) is 0. The summed E-state index contributed by atoms with van der Waals surface area (Å²) in [6.07, 6.45) is 2.07. The van der Waals surface area contributed by atoms with Crippen molar-refractivity contribution in [3.63, 3.8) is 0 Å². The zero-order valence-corrected chi connectivity index (χ0v) is 13.4. The van der Waals surface area contributed by atoms with Crippen LogP contribution in [0.15, 0.2) is 45.8 Å². The van der Waals surface area contributed by atoms with E-state index in [0.29, 0.717) is 0 Å². The molecule has 0 saturated heterocycles. The van der Waals surface area contributed by atoms with Gasteiger partial charge in [-0.2, -0.15) is 0 Å². The molecule has 0 atom stereocenters. The summed E-state index contributed by atoms with van der Waals surface area (Å²) in [5.74, 6) is 0. The second kappa shape index (κ2) is 6.18. The number of nitrogens with zero attached hydrogens (tertiary/aromatic N) is 2. The molecule has 6 heteroatoms. The van der Waals surface area contributed by atoms with Gasteiger partial charge in [-0.05, 0) is 30.8 Å². The van der Waals surface area contributed by atoms with Crippen LogP contribution in [-0.2, 0) is 6.54 Å². The molecule has 3 aromatic rings. The number of benzene rings is 1. The van der Waals surface area contributed by atoms with Crippen molar-refractivity contribution in [3.05, 3.63) is 46.6 Å². The number of thiazole rings is 1. The highest BCUT2D eigenvalue weighted by Gasteiger charge is 2.13. The van der Waals surface area contributed by atoms with Gasteiger partial charge in [0.25, 0.3) is 0 Å². The van der Waals surface area contributed by atoms with Crippen LogP contribution in [0.3, 0.4) is 0 Å². The first-order chi connectivity index (χ1) is 9.78. The second-order valence-electron chi connectivity index (χ2n) is 4.26. The normalized spacial score (nSPS) is 11.3. The van der Waals surface area contributed by atoms with Crippen LogP contribution in [0.1, 0.15) is 12.6 Å². The Balaban J connectivity index is 1.93. The first-order valence-corrected chi connectivity index (χ1v) is 8.44. The van der Waals surface area contributed by atoms with E-state index in [4.69, 9.17) is 16.6 Å². The van der Waals surface area contributed by atoms with Gasteiger partial charge < -0.3 is 5.32 Å². The maximum Gasteiger partial charge on any atom is 0.194 e. The Morgan fingerprint density at radius 1 is 1.35 bits per heavy atom. The Kier molecular flexibility index (Phi) is 4.31. The molecule has 104 valence electrons. The fourth-order valence-corrected chi connectivity index (χ4v) is 3.75. The lowest BCUT2D eigenvalue weighted by molar-refractivity contribution is 0.694. The maximum absolute atomic E-state index is 5.92. The number of nitrogens with one attached hydrogen (secondary N) is 1. The second-order valence-corrected chi connectivity index (χ2v) is 6.63. The van der Waals surface area contributed by atoms with Crippen molar-refractivity contribution < 1.29 is 0 Å². The third kappa shape index (κ3) is 2.86.